The standard InChI is InChI=1S/C53H83NO14/c1-32-16-12-11-13-17-33(2)44(63-8)30-40-21-19-38(7)53(62,68-40)50(59)51(60)54-23-15-14-18-41(54)52(61)67-45(35(4)28-39-20-22-43(66-25-24-55)46(29-39)64-9)31-42(56)34(3)27-37(6)48(58)49(65-10)47(57)36(5)26-32/h11-13,16-17,27,32,34-36,38-41,43-46,48-49,55,58,62H,14-15,18-26,28-31H2,1-10H3/b13-11+,16-12+,33-17+,37-27+/t32-,34-,35-,36-,38-,39+,40-,41+,43-,44+,45-,46-,48-,49+,53-/m1/s1. The molecule has 0 spiro atoms. The molecule has 0 aromatic carbocycles. The summed E-state index contributed by atoms with van der Waals surface area (Å²) in [4.78, 5) is 72.1. The Morgan fingerprint density at radius 2 is 1.59 bits per heavy atom. The van der Waals surface area contributed by atoms with Crippen LogP contribution in [0.1, 0.15) is 126 Å². The highest BCUT2D eigenvalue weighted by atomic mass is 16.6. The van der Waals surface area contributed by atoms with E-state index in [4.69, 9.17) is 28.4 Å². The third-order valence-electron chi connectivity index (χ3n) is 14.9. The van der Waals surface area contributed by atoms with Crippen LogP contribution in [0.4, 0.5) is 0 Å². The second kappa shape index (κ2) is 27.3. The third-order valence-corrected chi connectivity index (χ3v) is 14.9. The molecule has 4 rings (SSSR count). The number of methoxy groups -OCH3 is 3. The Hall–Kier alpha value is -3.41. The molecule has 4 aliphatic rings. The van der Waals surface area contributed by atoms with Gasteiger partial charge in [0.2, 0.25) is 5.79 Å². The Bertz CT molecular complexity index is 1810. The lowest BCUT2D eigenvalue weighted by molar-refractivity contribution is -0.265. The highest BCUT2D eigenvalue weighted by Crippen LogP contribution is 2.38. The molecule has 0 aromatic heterocycles. The summed E-state index contributed by atoms with van der Waals surface area (Å²) in [6.45, 7) is 12.9. The van der Waals surface area contributed by atoms with Crippen LogP contribution in [0, 0.1) is 35.5 Å². The lowest BCUT2D eigenvalue weighted by atomic mass is 9.78. The van der Waals surface area contributed by atoms with Crippen molar-refractivity contribution in [3.63, 3.8) is 0 Å². The van der Waals surface area contributed by atoms with E-state index in [0.29, 0.717) is 63.4 Å². The van der Waals surface area contributed by atoms with Crippen molar-refractivity contribution in [1.29, 1.82) is 0 Å². The molecule has 15 atom stereocenters. The van der Waals surface area contributed by atoms with Gasteiger partial charge in [-0.05, 0) is 107 Å². The van der Waals surface area contributed by atoms with Crippen LogP contribution < -0.4 is 0 Å². The number of piperidine rings is 1. The molecule has 3 aliphatic heterocycles. The van der Waals surface area contributed by atoms with E-state index < -0.39 is 77.8 Å². The summed E-state index contributed by atoms with van der Waals surface area (Å²) in [5.41, 5.74) is 1.26. The molecule has 2 bridgehead atoms. The molecule has 0 radical (unpaired) electrons. The highest BCUT2D eigenvalue weighted by molar-refractivity contribution is 6.39. The van der Waals surface area contributed by atoms with Crippen molar-refractivity contribution in [2.75, 3.05) is 41.1 Å². The van der Waals surface area contributed by atoms with E-state index in [2.05, 4.69) is 0 Å². The molecular formula is C53H83NO14. The minimum atomic E-state index is -2.43. The van der Waals surface area contributed by atoms with E-state index in [0.717, 1.165) is 12.0 Å². The van der Waals surface area contributed by atoms with Gasteiger partial charge in [0.15, 0.2) is 5.78 Å². The van der Waals surface area contributed by atoms with Gasteiger partial charge < -0.3 is 48.6 Å². The molecule has 0 unspecified atom stereocenters. The molecule has 68 heavy (non-hydrogen) atoms. The fraction of sp³-hybridized carbons (Fsp3) is 0.755. The van der Waals surface area contributed by atoms with Gasteiger partial charge in [-0.1, -0.05) is 71.1 Å². The number of carbonyl (C=O) groups is 5. The highest BCUT2D eigenvalue weighted by Gasteiger charge is 2.53. The summed E-state index contributed by atoms with van der Waals surface area (Å²) in [7, 11) is 4.58. The van der Waals surface area contributed by atoms with Crippen LogP contribution in [0.5, 0.6) is 0 Å². The van der Waals surface area contributed by atoms with Crippen molar-refractivity contribution >= 4 is 29.2 Å². The molecule has 15 heteroatoms. The largest absolute Gasteiger partial charge is 0.460 e. The number of ether oxygens (including phenoxy) is 6. The summed E-state index contributed by atoms with van der Waals surface area (Å²) in [6.07, 6.45) is 12.0. The number of hydrogen-bond acceptors (Lipinski definition) is 14. The van der Waals surface area contributed by atoms with Crippen LogP contribution in [0.2, 0.25) is 0 Å². The topological polar surface area (TPSA) is 205 Å². The minimum absolute atomic E-state index is 0.0158. The molecule has 2 saturated heterocycles. The number of cyclic esters (lactones) is 1. The van der Waals surface area contributed by atoms with Crippen molar-refractivity contribution in [2.24, 2.45) is 35.5 Å². The molecule has 3 N–H and O–H groups in total. The van der Waals surface area contributed by atoms with Crippen molar-refractivity contribution < 1.29 is 67.7 Å². The number of Topliss-reactive ketones (excluding diaryl/α,β-unsaturated/α-hetero) is 3. The monoisotopic (exact) mass is 958 g/mol. The molecule has 3 fully saturated rings. The van der Waals surface area contributed by atoms with Crippen molar-refractivity contribution in [3.05, 3.63) is 47.6 Å². The third kappa shape index (κ3) is 15.3. The average Bonchev–Trinajstić information content (AvgIpc) is 3.32. The molecule has 1 aliphatic carbocycles. The first-order valence-electron chi connectivity index (χ1n) is 25.0. The van der Waals surface area contributed by atoms with Gasteiger partial charge in [0.25, 0.3) is 11.7 Å². The maximum absolute atomic E-state index is 14.5. The summed E-state index contributed by atoms with van der Waals surface area (Å²) >= 11 is 0. The van der Waals surface area contributed by atoms with Crippen LogP contribution >= 0.6 is 0 Å². The summed E-state index contributed by atoms with van der Waals surface area (Å²) in [5.74, 6) is -7.96. The van der Waals surface area contributed by atoms with Gasteiger partial charge in [0, 0.05) is 58.5 Å². The van der Waals surface area contributed by atoms with Crippen molar-refractivity contribution in [1.82, 2.24) is 4.90 Å². The van der Waals surface area contributed by atoms with Crippen LogP contribution in [0.15, 0.2) is 47.6 Å². The number of allylic oxidation sites excluding steroid dienone is 6. The number of fused-ring (bicyclic) bond motifs is 3. The smallest absolute Gasteiger partial charge is 0.329 e. The Labute approximate surface area is 405 Å². The van der Waals surface area contributed by atoms with Crippen molar-refractivity contribution in [2.45, 2.75) is 180 Å². The predicted octanol–water partition coefficient (Wildman–Crippen LogP) is 6.20. The number of aliphatic hydroxyl groups is 3. The summed E-state index contributed by atoms with van der Waals surface area (Å²) in [6, 6.07) is -1.14. The van der Waals surface area contributed by atoms with E-state index in [1.165, 1.54) is 12.0 Å². The van der Waals surface area contributed by atoms with Crippen LogP contribution in [0.25, 0.3) is 0 Å². The zero-order valence-electron chi connectivity index (χ0n) is 42.4. The first-order valence-corrected chi connectivity index (χ1v) is 25.0. The van der Waals surface area contributed by atoms with Crippen molar-refractivity contribution in [3.8, 4) is 0 Å². The van der Waals surface area contributed by atoms with E-state index in [-0.39, 0.29) is 74.1 Å². The van der Waals surface area contributed by atoms with E-state index in [1.807, 2.05) is 58.1 Å². The molecule has 1 amide bonds. The number of amides is 1. The van der Waals surface area contributed by atoms with Gasteiger partial charge in [-0.3, -0.25) is 19.2 Å². The Balaban J connectivity index is 1.70. The average molecular weight is 958 g/mol. The lowest BCUT2D eigenvalue weighted by Gasteiger charge is -2.42. The number of esters is 1. The Morgan fingerprint density at radius 3 is 2.26 bits per heavy atom. The molecule has 1 saturated carbocycles. The molecule has 15 nitrogen and oxygen atoms in total. The predicted molar refractivity (Wildman–Crippen MR) is 256 cm³/mol. The van der Waals surface area contributed by atoms with Gasteiger partial charge in [-0.25, -0.2) is 4.79 Å². The first kappa shape index (κ1) is 57.2. The molecule has 3 heterocycles. The number of aliphatic hydroxyl groups excluding tert-OH is 2. The number of hydrogen-bond donors (Lipinski definition) is 3. The van der Waals surface area contributed by atoms with Gasteiger partial charge in [0.1, 0.15) is 30.1 Å². The molecule has 0 aromatic rings. The first-order chi connectivity index (χ1) is 32.3. The number of carbonyl (C=O) groups excluding carboxylic acids is 5. The number of nitrogens with zero attached hydrogens (tertiary/aromatic N) is 1. The second-order valence-electron chi connectivity index (χ2n) is 20.2. The minimum Gasteiger partial charge on any atom is -0.460 e. The normalized spacial score (nSPS) is 39.2. The zero-order chi connectivity index (χ0) is 50.3. The second-order valence-corrected chi connectivity index (χ2v) is 20.2. The van der Waals surface area contributed by atoms with Gasteiger partial charge in [-0.2, -0.15) is 0 Å². The molecular weight excluding hydrogens is 875 g/mol. The van der Waals surface area contributed by atoms with E-state index in [9.17, 15) is 39.3 Å². The SMILES string of the molecule is CO[C@H]1C[C@H]2CC[C@@H](C)[C@@](O)(O2)C(=O)C(=O)N2CCCC[C@H]2C(=O)O[C@@H]([C@H](C)C[C@@H]2CC[C@@H](OCCO)[C@H](OC)C2)CC(=O)[C@H](C)/C=C(\C)[C@@H](O)[C@@H](OC)C(=O)[C@H](C)C[C@H](C)/C=C/C=C/C=C/1C. The van der Waals surface area contributed by atoms with Crippen LogP contribution in [0.3, 0.4) is 0 Å². The fourth-order valence-electron chi connectivity index (χ4n) is 10.5. The Kier molecular flexibility index (Phi) is 22.9. The zero-order valence-corrected chi connectivity index (χ0v) is 42.4. The van der Waals surface area contributed by atoms with Crippen LogP contribution in [-0.2, 0) is 52.4 Å². The van der Waals surface area contributed by atoms with Gasteiger partial charge in [0.05, 0.1) is 37.6 Å². The number of rotatable bonds is 9. The quantitative estimate of drug-likeness (QED) is 0.134. The number of ketones is 3. The Morgan fingerprint density at radius 1 is 0.853 bits per heavy atom. The van der Waals surface area contributed by atoms with Gasteiger partial charge in [-0.15, -0.1) is 0 Å². The maximum Gasteiger partial charge on any atom is 0.329 e. The van der Waals surface area contributed by atoms with Gasteiger partial charge >= 0.3 is 5.97 Å². The van der Waals surface area contributed by atoms with Crippen LogP contribution in [-0.4, -0.2) is 145 Å². The summed E-state index contributed by atoms with van der Waals surface area (Å²) in [5, 5.41) is 32.8. The van der Waals surface area contributed by atoms with E-state index in [1.54, 1.807) is 41.1 Å². The fourth-order valence-corrected chi connectivity index (χ4v) is 10.5. The maximum atomic E-state index is 14.5. The summed E-state index contributed by atoms with van der Waals surface area (Å²) < 4.78 is 35.6. The molecule has 384 valence electrons. The van der Waals surface area contributed by atoms with E-state index >= 15 is 0 Å². The lowest BCUT2D eigenvalue weighted by Crippen LogP contribution is -2.61.